The average Bonchev–Trinajstić information content (AvgIpc) is 2.02. The number of hydrogen-bond donors (Lipinski definition) is 0. The summed E-state index contributed by atoms with van der Waals surface area (Å²) in [6.07, 6.45) is 0. The molecule has 0 heterocycles. The molecule has 1 aromatic carbocycles. The molecular weight excluding hydrogens is 216 g/mol. The van der Waals surface area contributed by atoms with Gasteiger partial charge in [-0.3, -0.25) is 0 Å². The van der Waals surface area contributed by atoms with Gasteiger partial charge in [-0.1, -0.05) is 68.3 Å². The summed E-state index contributed by atoms with van der Waals surface area (Å²) < 4.78 is 0. The predicted molar refractivity (Wildman–Crippen MR) is 72.7 cm³/mol. The molecule has 0 N–H and O–H groups in total. The van der Waals surface area contributed by atoms with Crippen LogP contribution in [0.1, 0.15) is 0 Å². The Hall–Kier alpha value is -0.129. The van der Waals surface area contributed by atoms with Crippen molar-refractivity contribution in [3.8, 4) is 0 Å². The van der Waals surface area contributed by atoms with Crippen LogP contribution in [0.5, 0.6) is 0 Å². The maximum atomic E-state index is 2.53. The van der Waals surface area contributed by atoms with E-state index < -0.39 is 7.59 Å². The van der Waals surface area contributed by atoms with E-state index in [1.54, 1.807) is 5.19 Å². The Bertz CT molecular complexity index is 274. The van der Waals surface area contributed by atoms with Gasteiger partial charge in [-0.15, -0.1) is 0 Å². The van der Waals surface area contributed by atoms with Crippen LogP contribution in [-0.2, 0) is 0 Å². The molecule has 0 fully saturated rings. The maximum absolute atomic E-state index is 2.53. The van der Waals surface area contributed by atoms with Gasteiger partial charge in [-0.05, 0) is 0 Å². The molecule has 0 aromatic heterocycles. The third-order valence-corrected chi connectivity index (χ3v) is 26.2. The highest BCUT2D eigenvalue weighted by molar-refractivity contribution is 7.59. The van der Waals surface area contributed by atoms with Crippen molar-refractivity contribution < 1.29 is 0 Å². The van der Waals surface area contributed by atoms with Gasteiger partial charge in [0, 0.05) is 15.9 Å². The lowest BCUT2D eigenvalue weighted by Gasteiger charge is -2.30. The highest BCUT2D eigenvalue weighted by atomic mass is 29.6. The molecular formula is C11H20Si3. The zero-order valence-electron chi connectivity index (χ0n) is 9.89. The Morgan fingerprint density at radius 2 is 1.43 bits per heavy atom. The molecule has 2 radical (unpaired) electrons. The van der Waals surface area contributed by atoms with Crippen molar-refractivity contribution in [3.63, 3.8) is 0 Å². The monoisotopic (exact) mass is 236 g/mol. The third kappa shape index (κ3) is 2.93. The third-order valence-electron chi connectivity index (χ3n) is 2.31. The van der Waals surface area contributed by atoms with E-state index in [1.807, 2.05) is 0 Å². The van der Waals surface area contributed by atoms with Gasteiger partial charge in [0.25, 0.3) is 0 Å². The fourth-order valence-electron chi connectivity index (χ4n) is 2.08. The highest BCUT2D eigenvalue weighted by Gasteiger charge is 2.32. The van der Waals surface area contributed by atoms with E-state index in [4.69, 9.17) is 0 Å². The normalized spacial score (nSPS) is 12.5. The molecule has 0 aliphatic carbocycles. The minimum Gasteiger partial charge on any atom is -0.0734 e. The molecule has 0 aliphatic rings. The molecule has 0 spiro atoms. The van der Waals surface area contributed by atoms with Crippen LogP contribution in [-0.4, -0.2) is 23.7 Å². The molecule has 0 atom stereocenters. The minimum atomic E-state index is -0.943. The van der Waals surface area contributed by atoms with Gasteiger partial charge in [0.15, 0.2) is 0 Å². The Morgan fingerprint density at radius 1 is 0.929 bits per heavy atom. The molecule has 0 aliphatic heterocycles. The quantitative estimate of drug-likeness (QED) is 0.708. The van der Waals surface area contributed by atoms with Gasteiger partial charge in [0.1, 0.15) is 0 Å². The fraction of sp³-hybridized carbons (Fsp3) is 0.455. The zero-order valence-corrected chi connectivity index (χ0v) is 12.9. The molecule has 76 valence electrons. The van der Waals surface area contributed by atoms with Gasteiger partial charge >= 0.3 is 0 Å². The SMILES string of the molecule is C[Si](C)[Si](c1ccccc1)[Si](C)(C)C. The van der Waals surface area contributed by atoms with Crippen LogP contribution >= 0.6 is 0 Å². The van der Waals surface area contributed by atoms with Crippen molar-refractivity contribution in [2.24, 2.45) is 0 Å². The van der Waals surface area contributed by atoms with Crippen LogP contribution in [0.3, 0.4) is 0 Å². The topological polar surface area (TPSA) is 0 Å². The standard InChI is InChI=1S/C11H20Si3/c1-12(2)13(14(3,4)5)11-9-7-6-8-10-11/h6-10H,1-5H3. The van der Waals surface area contributed by atoms with Crippen LogP contribution in [0.25, 0.3) is 0 Å². The predicted octanol–water partition coefficient (Wildman–Crippen LogP) is 2.64. The summed E-state index contributed by atoms with van der Waals surface area (Å²) in [5.41, 5.74) is 0. The summed E-state index contributed by atoms with van der Waals surface area (Å²) in [5.74, 6) is 0. The molecule has 3 heteroatoms. The van der Waals surface area contributed by atoms with Crippen molar-refractivity contribution in [2.45, 2.75) is 32.7 Å². The summed E-state index contributed by atoms with van der Waals surface area (Å²) in [6, 6.07) is 11.2. The van der Waals surface area contributed by atoms with E-state index >= 15 is 0 Å². The first kappa shape index (κ1) is 11.9. The summed E-state index contributed by atoms with van der Waals surface area (Å²) >= 11 is 0. The largest absolute Gasteiger partial charge is 0.0734 e. The first-order chi connectivity index (χ1) is 6.43. The average molecular weight is 237 g/mol. The van der Waals surface area contributed by atoms with Crippen molar-refractivity contribution >= 4 is 28.9 Å². The lowest BCUT2D eigenvalue weighted by atomic mass is 10.4. The van der Waals surface area contributed by atoms with Crippen molar-refractivity contribution in [3.05, 3.63) is 30.3 Å². The summed E-state index contributed by atoms with van der Waals surface area (Å²) in [5, 5.41) is 1.68. The smallest absolute Gasteiger partial charge is 0.0669 e. The second kappa shape index (κ2) is 4.59. The Morgan fingerprint density at radius 3 is 1.79 bits per heavy atom. The molecule has 0 saturated carbocycles. The molecule has 14 heavy (non-hydrogen) atoms. The van der Waals surface area contributed by atoms with E-state index in [-0.39, 0.29) is 16.1 Å². The van der Waals surface area contributed by atoms with Gasteiger partial charge < -0.3 is 0 Å². The van der Waals surface area contributed by atoms with E-state index in [0.29, 0.717) is 0 Å². The van der Waals surface area contributed by atoms with Crippen LogP contribution in [0.15, 0.2) is 30.3 Å². The van der Waals surface area contributed by atoms with Gasteiger partial charge in [-0.2, -0.15) is 0 Å². The molecule has 1 rings (SSSR count). The summed E-state index contributed by atoms with van der Waals surface area (Å²) in [4.78, 5) is 0. The van der Waals surface area contributed by atoms with E-state index in [0.717, 1.165) is 0 Å². The second-order valence-corrected chi connectivity index (χ2v) is 24.8. The zero-order chi connectivity index (χ0) is 10.8. The van der Waals surface area contributed by atoms with Crippen molar-refractivity contribution in [1.29, 1.82) is 0 Å². The molecule has 0 nitrogen and oxygen atoms in total. The molecule has 1 aromatic rings. The van der Waals surface area contributed by atoms with E-state index in [9.17, 15) is 0 Å². The highest BCUT2D eigenvalue weighted by Crippen LogP contribution is 2.09. The van der Waals surface area contributed by atoms with Gasteiger partial charge in [-0.25, -0.2) is 0 Å². The molecule has 0 saturated heterocycles. The van der Waals surface area contributed by atoms with Crippen molar-refractivity contribution in [2.75, 3.05) is 0 Å². The Balaban J connectivity index is 3.02. The molecule has 0 bridgehead atoms. The maximum Gasteiger partial charge on any atom is 0.0669 e. The van der Waals surface area contributed by atoms with Gasteiger partial charge in [0.2, 0.25) is 0 Å². The number of rotatable bonds is 3. The molecule has 0 unspecified atom stereocenters. The summed E-state index contributed by atoms with van der Waals surface area (Å²) in [7, 11) is -1.28. The van der Waals surface area contributed by atoms with Crippen LogP contribution in [0.4, 0.5) is 0 Å². The Labute approximate surface area is 92.2 Å². The minimum absolute atomic E-state index is 0.119. The van der Waals surface area contributed by atoms with E-state index in [1.165, 1.54) is 0 Å². The molecule has 0 amide bonds. The second-order valence-electron chi connectivity index (χ2n) is 4.99. The van der Waals surface area contributed by atoms with Crippen LogP contribution < -0.4 is 5.19 Å². The first-order valence-corrected chi connectivity index (χ1v) is 14.7. The fourth-order valence-corrected chi connectivity index (χ4v) is 28.9. The lowest BCUT2D eigenvalue weighted by molar-refractivity contribution is 1.75. The van der Waals surface area contributed by atoms with E-state index in [2.05, 4.69) is 63.1 Å². The Kier molecular flexibility index (Phi) is 3.92. The summed E-state index contributed by atoms with van der Waals surface area (Å²) in [6.45, 7) is 12.6. The first-order valence-electron chi connectivity index (χ1n) is 5.16. The van der Waals surface area contributed by atoms with Crippen LogP contribution in [0, 0.1) is 0 Å². The van der Waals surface area contributed by atoms with Gasteiger partial charge in [0.05, 0.1) is 7.83 Å². The number of hydrogen-bond acceptors (Lipinski definition) is 0. The lowest BCUT2D eigenvalue weighted by Crippen LogP contribution is -2.59. The van der Waals surface area contributed by atoms with Crippen LogP contribution in [0.2, 0.25) is 32.7 Å². The van der Waals surface area contributed by atoms with Crippen molar-refractivity contribution in [1.82, 2.24) is 0 Å². The number of benzene rings is 1.